The summed E-state index contributed by atoms with van der Waals surface area (Å²) >= 11 is 9.40. The summed E-state index contributed by atoms with van der Waals surface area (Å²) < 4.78 is 14.4. The van der Waals surface area contributed by atoms with Crippen LogP contribution in [0.25, 0.3) is 10.6 Å². The maximum atomic E-state index is 6.16. The molecule has 0 radical (unpaired) electrons. The lowest BCUT2D eigenvalue weighted by molar-refractivity contribution is 0.0968. The summed E-state index contributed by atoms with van der Waals surface area (Å²) in [6, 6.07) is 11.9. The summed E-state index contributed by atoms with van der Waals surface area (Å²) in [6.07, 6.45) is 2.46. The molecule has 0 N–H and O–H groups in total. The summed E-state index contributed by atoms with van der Waals surface area (Å²) in [5.74, 6) is 0.865. The molecule has 1 aromatic carbocycles. The second-order valence-corrected chi connectivity index (χ2v) is 8.84. The Kier molecular flexibility index (Phi) is 5.98. The molecule has 1 atom stereocenters. The van der Waals surface area contributed by atoms with Crippen molar-refractivity contribution in [3.63, 3.8) is 0 Å². The molecule has 0 amide bonds. The van der Waals surface area contributed by atoms with Gasteiger partial charge in [-0.1, -0.05) is 11.6 Å². The molecule has 1 aliphatic heterocycles. The van der Waals surface area contributed by atoms with Crippen LogP contribution in [0, 0.1) is 0 Å². The van der Waals surface area contributed by atoms with Crippen LogP contribution >= 0.6 is 34.3 Å². The lowest BCUT2D eigenvalue weighted by Crippen LogP contribution is -2.23. The molecular weight excluding hydrogens is 400 g/mol. The minimum atomic E-state index is 0.244. The van der Waals surface area contributed by atoms with Crippen LogP contribution in [-0.4, -0.2) is 23.9 Å². The van der Waals surface area contributed by atoms with E-state index in [1.807, 2.05) is 37.3 Å². The zero-order valence-corrected chi connectivity index (χ0v) is 17.4. The Labute approximate surface area is 171 Å². The third-order valence-corrected chi connectivity index (χ3v) is 6.52. The summed E-state index contributed by atoms with van der Waals surface area (Å²) in [4.78, 5) is 7.00. The Morgan fingerprint density at radius 1 is 1.26 bits per heavy atom. The summed E-state index contributed by atoms with van der Waals surface area (Å²) in [6.45, 7) is 4.30. The molecule has 3 heterocycles. The topological polar surface area (TPSA) is 35.8 Å². The molecule has 7 heteroatoms. The van der Waals surface area contributed by atoms with Crippen molar-refractivity contribution in [1.29, 1.82) is 0 Å². The molecule has 0 aliphatic carbocycles. The Balaban J connectivity index is 1.71. The Hall–Kier alpha value is -1.60. The number of thiophene rings is 1. The van der Waals surface area contributed by atoms with Gasteiger partial charge in [0.2, 0.25) is 0 Å². The highest BCUT2D eigenvalue weighted by Gasteiger charge is 2.19. The zero-order chi connectivity index (χ0) is 18.6. The van der Waals surface area contributed by atoms with Crippen LogP contribution in [0.2, 0.25) is 4.34 Å². The number of rotatable bonds is 6. The van der Waals surface area contributed by atoms with Crippen LogP contribution in [0.3, 0.4) is 0 Å². The van der Waals surface area contributed by atoms with Crippen molar-refractivity contribution in [2.24, 2.45) is 4.99 Å². The van der Waals surface area contributed by atoms with Crippen LogP contribution in [0.1, 0.15) is 19.8 Å². The average Bonchev–Trinajstić information content (AvgIpc) is 3.40. The van der Waals surface area contributed by atoms with Crippen LogP contribution in [-0.2, 0) is 11.3 Å². The van der Waals surface area contributed by atoms with Crippen molar-refractivity contribution in [2.45, 2.75) is 32.4 Å². The Morgan fingerprint density at radius 3 is 2.78 bits per heavy atom. The van der Waals surface area contributed by atoms with Gasteiger partial charge in [-0.05, 0) is 56.2 Å². The van der Waals surface area contributed by atoms with E-state index in [1.165, 1.54) is 0 Å². The minimum Gasteiger partial charge on any atom is -0.494 e. The largest absolute Gasteiger partial charge is 0.494 e. The number of aromatic nitrogens is 1. The van der Waals surface area contributed by atoms with Gasteiger partial charge in [0.1, 0.15) is 5.75 Å². The van der Waals surface area contributed by atoms with Crippen molar-refractivity contribution in [3.8, 4) is 16.3 Å². The van der Waals surface area contributed by atoms with Crippen molar-refractivity contribution >= 4 is 40.0 Å². The highest BCUT2D eigenvalue weighted by molar-refractivity contribution is 7.19. The van der Waals surface area contributed by atoms with E-state index in [0.29, 0.717) is 6.61 Å². The van der Waals surface area contributed by atoms with E-state index in [9.17, 15) is 0 Å². The van der Waals surface area contributed by atoms with Crippen LogP contribution in [0.5, 0.6) is 5.75 Å². The predicted molar refractivity (Wildman–Crippen MR) is 112 cm³/mol. The minimum absolute atomic E-state index is 0.244. The molecule has 4 rings (SSSR count). The lowest BCUT2D eigenvalue weighted by Gasteiger charge is -2.13. The van der Waals surface area contributed by atoms with Gasteiger partial charge in [0.15, 0.2) is 4.80 Å². The summed E-state index contributed by atoms with van der Waals surface area (Å²) in [7, 11) is 0. The Morgan fingerprint density at radius 2 is 2.11 bits per heavy atom. The van der Waals surface area contributed by atoms with E-state index in [0.717, 1.165) is 57.1 Å². The van der Waals surface area contributed by atoms with Crippen LogP contribution < -0.4 is 9.54 Å². The molecule has 0 bridgehead atoms. The highest BCUT2D eigenvalue weighted by atomic mass is 35.5. The van der Waals surface area contributed by atoms with Crippen molar-refractivity contribution in [2.75, 3.05) is 13.2 Å². The van der Waals surface area contributed by atoms with Crippen LogP contribution in [0.15, 0.2) is 46.8 Å². The number of halogens is 1. The van der Waals surface area contributed by atoms with Gasteiger partial charge in [0.25, 0.3) is 0 Å². The second kappa shape index (κ2) is 8.61. The van der Waals surface area contributed by atoms with Gasteiger partial charge >= 0.3 is 0 Å². The molecule has 1 saturated heterocycles. The molecule has 3 aromatic rings. The third-order valence-electron chi connectivity index (χ3n) is 4.41. The normalized spacial score (nSPS) is 17.6. The van der Waals surface area contributed by atoms with E-state index < -0.39 is 0 Å². The van der Waals surface area contributed by atoms with Crippen LogP contribution in [0.4, 0.5) is 5.69 Å². The molecule has 2 aromatic heterocycles. The van der Waals surface area contributed by atoms with Gasteiger partial charge in [0, 0.05) is 12.0 Å². The third kappa shape index (κ3) is 4.46. The fourth-order valence-corrected chi connectivity index (χ4v) is 5.20. The van der Waals surface area contributed by atoms with Gasteiger partial charge < -0.3 is 14.0 Å². The van der Waals surface area contributed by atoms with Crippen molar-refractivity contribution in [3.05, 3.63) is 50.9 Å². The first-order valence-electron chi connectivity index (χ1n) is 9.06. The molecule has 27 heavy (non-hydrogen) atoms. The Bertz CT molecular complexity index is 953. The van der Waals surface area contributed by atoms with E-state index >= 15 is 0 Å². The SMILES string of the molecule is CCOc1ccc(N=c2scc(-c3ccc(Cl)s3)n2C[C@@H]2CCCO2)cc1. The number of benzene rings is 1. The lowest BCUT2D eigenvalue weighted by atomic mass is 10.2. The van der Waals surface area contributed by atoms with Gasteiger partial charge in [-0.25, -0.2) is 4.99 Å². The molecule has 0 unspecified atom stereocenters. The predicted octanol–water partition coefficient (Wildman–Crippen LogP) is 5.74. The molecule has 1 aliphatic rings. The summed E-state index contributed by atoms with van der Waals surface area (Å²) in [5, 5.41) is 2.16. The van der Waals surface area contributed by atoms with E-state index in [2.05, 4.69) is 16.0 Å². The standard InChI is InChI=1S/C20H21ClN2O2S2/c1-2-24-15-7-5-14(6-8-15)22-20-23(12-16-4-3-11-25-16)17(13-26-20)18-9-10-19(21)27-18/h5-10,13,16H,2-4,11-12H2,1H3/t16-/m0/s1. The monoisotopic (exact) mass is 420 g/mol. The number of ether oxygens (including phenoxy) is 2. The fraction of sp³-hybridized carbons (Fsp3) is 0.350. The fourth-order valence-electron chi connectivity index (χ4n) is 3.13. The van der Waals surface area contributed by atoms with Gasteiger partial charge in [0.05, 0.1) is 39.9 Å². The summed E-state index contributed by atoms with van der Waals surface area (Å²) in [5.41, 5.74) is 2.06. The van der Waals surface area contributed by atoms with Crippen molar-refractivity contribution < 1.29 is 9.47 Å². The van der Waals surface area contributed by atoms with E-state index in [4.69, 9.17) is 26.1 Å². The number of nitrogens with zero attached hydrogens (tertiary/aromatic N) is 2. The van der Waals surface area contributed by atoms with Crippen molar-refractivity contribution in [1.82, 2.24) is 4.57 Å². The number of hydrogen-bond acceptors (Lipinski definition) is 5. The number of hydrogen-bond donors (Lipinski definition) is 0. The molecule has 0 saturated carbocycles. The highest BCUT2D eigenvalue weighted by Crippen LogP contribution is 2.32. The molecule has 4 nitrogen and oxygen atoms in total. The maximum absolute atomic E-state index is 6.16. The zero-order valence-electron chi connectivity index (χ0n) is 15.1. The van der Waals surface area contributed by atoms with E-state index in [1.54, 1.807) is 22.7 Å². The molecular formula is C20H21ClN2O2S2. The second-order valence-electron chi connectivity index (χ2n) is 6.29. The first-order valence-corrected chi connectivity index (χ1v) is 11.1. The molecule has 142 valence electrons. The quantitative estimate of drug-likeness (QED) is 0.509. The smallest absolute Gasteiger partial charge is 0.190 e. The van der Waals surface area contributed by atoms with Gasteiger partial charge in [-0.3, -0.25) is 0 Å². The van der Waals surface area contributed by atoms with E-state index in [-0.39, 0.29) is 6.10 Å². The molecule has 0 spiro atoms. The first-order chi connectivity index (χ1) is 13.2. The number of thiazole rings is 1. The maximum Gasteiger partial charge on any atom is 0.190 e. The van der Waals surface area contributed by atoms with Gasteiger partial charge in [-0.2, -0.15) is 0 Å². The van der Waals surface area contributed by atoms with Gasteiger partial charge in [-0.15, -0.1) is 22.7 Å². The molecule has 1 fully saturated rings. The average molecular weight is 421 g/mol. The first kappa shape index (κ1) is 18.7.